The van der Waals surface area contributed by atoms with E-state index in [1.54, 1.807) is 48.5 Å². The quantitative estimate of drug-likeness (QED) is 0.187. The van der Waals surface area contributed by atoms with Crippen LogP contribution in [0.1, 0.15) is 33.4 Å². The standard InChI is InChI=1S/C36H34O4/c1-19-15-25(37)7-11-29(19)33-23(5)35(31-13-9-27(39)17-21(31)3)36(32-14-10-28(40)18-22(32)4)24(6)34(33)30-12-8-26(38)16-20(30)2/h7-18,37-40H,1-6H3. The maximum atomic E-state index is 10.2. The fraction of sp³-hybridized carbons (Fsp3) is 0.167. The van der Waals surface area contributed by atoms with Crippen molar-refractivity contribution in [3.8, 4) is 67.5 Å². The highest BCUT2D eigenvalue weighted by atomic mass is 16.3. The normalized spacial score (nSPS) is 11.2. The van der Waals surface area contributed by atoms with Crippen LogP contribution in [0.4, 0.5) is 0 Å². The van der Waals surface area contributed by atoms with Crippen molar-refractivity contribution in [3.05, 3.63) is 106 Å². The fourth-order valence-corrected chi connectivity index (χ4v) is 6.06. The molecular weight excluding hydrogens is 496 g/mol. The summed E-state index contributed by atoms with van der Waals surface area (Å²) >= 11 is 0. The number of benzene rings is 5. The van der Waals surface area contributed by atoms with Crippen molar-refractivity contribution in [1.82, 2.24) is 0 Å². The van der Waals surface area contributed by atoms with Gasteiger partial charge in [-0.3, -0.25) is 0 Å². The van der Waals surface area contributed by atoms with E-state index in [0.717, 1.165) is 77.9 Å². The molecular formula is C36H34O4. The first-order chi connectivity index (χ1) is 19.0. The van der Waals surface area contributed by atoms with E-state index < -0.39 is 0 Å². The summed E-state index contributed by atoms with van der Waals surface area (Å²) in [6.07, 6.45) is 0. The number of phenolic OH excluding ortho intramolecular Hbond substituents is 4. The SMILES string of the molecule is Cc1cc(O)ccc1-c1c(C)c(-c2ccc(O)cc2C)c(-c2ccc(O)cc2C)c(C)c1-c1ccc(O)cc1C. The van der Waals surface area contributed by atoms with Crippen molar-refractivity contribution in [1.29, 1.82) is 0 Å². The summed E-state index contributed by atoms with van der Waals surface area (Å²) in [6, 6.07) is 21.8. The van der Waals surface area contributed by atoms with Crippen LogP contribution in [-0.4, -0.2) is 20.4 Å². The number of aryl methyl sites for hydroxylation is 4. The molecule has 4 N–H and O–H groups in total. The fourth-order valence-electron chi connectivity index (χ4n) is 6.06. The first-order valence-electron chi connectivity index (χ1n) is 13.3. The molecule has 0 saturated carbocycles. The summed E-state index contributed by atoms with van der Waals surface area (Å²) in [5.74, 6) is 0.848. The van der Waals surface area contributed by atoms with E-state index in [4.69, 9.17) is 0 Å². The van der Waals surface area contributed by atoms with Gasteiger partial charge in [-0.05, 0) is 168 Å². The molecule has 0 bridgehead atoms. The predicted molar refractivity (Wildman–Crippen MR) is 163 cm³/mol. The van der Waals surface area contributed by atoms with Gasteiger partial charge in [-0.1, -0.05) is 24.3 Å². The molecule has 0 heterocycles. The van der Waals surface area contributed by atoms with Gasteiger partial charge in [0.15, 0.2) is 0 Å². The lowest BCUT2D eigenvalue weighted by Gasteiger charge is -2.28. The lowest BCUT2D eigenvalue weighted by Crippen LogP contribution is -2.04. The monoisotopic (exact) mass is 530 g/mol. The van der Waals surface area contributed by atoms with Crippen LogP contribution < -0.4 is 0 Å². The minimum atomic E-state index is 0.212. The van der Waals surface area contributed by atoms with E-state index in [0.29, 0.717) is 0 Å². The van der Waals surface area contributed by atoms with Gasteiger partial charge < -0.3 is 20.4 Å². The van der Waals surface area contributed by atoms with Gasteiger partial charge in [0.25, 0.3) is 0 Å². The van der Waals surface area contributed by atoms with Crippen molar-refractivity contribution in [2.75, 3.05) is 0 Å². The van der Waals surface area contributed by atoms with E-state index in [9.17, 15) is 20.4 Å². The molecule has 0 aliphatic rings. The Hall–Kier alpha value is -4.70. The molecule has 202 valence electrons. The highest BCUT2D eigenvalue weighted by Gasteiger charge is 2.26. The third-order valence-electron chi connectivity index (χ3n) is 7.92. The molecule has 0 aromatic heterocycles. The summed E-state index contributed by atoms with van der Waals surface area (Å²) < 4.78 is 0. The average Bonchev–Trinajstić information content (AvgIpc) is 2.87. The second-order valence-corrected chi connectivity index (χ2v) is 10.7. The van der Waals surface area contributed by atoms with Gasteiger partial charge in [0.05, 0.1) is 0 Å². The van der Waals surface area contributed by atoms with Gasteiger partial charge in [0, 0.05) is 0 Å². The molecule has 40 heavy (non-hydrogen) atoms. The van der Waals surface area contributed by atoms with Gasteiger partial charge >= 0.3 is 0 Å². The summed E-state index contributed by atoms with van der Waals surface area (Å²) in [5, 5.41) is 41.0. The summed E-state index contributed by atoms with van der Waals surface area (Å²) in [5.41, 5.74) is 14.1. The minimum Gasteiger partial charge on any atom is -0.508 e. The Morgan fingerprint density at radius 1 is 0.325 bits per heavy atom. The van der Waals surface area contributed by atoms with E-state index in [1.165, 1.54) is 0 Å². The molecule has 0 amide bonds. The van der Waals surface area contributed by atoms with Gasteiger partial charge in [-0.25, -0.2) is 0 Å². The van der Waals surface area contributed by atoms with E-state index in [1.807, 2.05) is 52.0 Å². The van der Waals surface area contributed by atoms with Gasteiger partial charge in [0.2, 0.25) is 0 Å². The minimum absolute atomic E-state index is 0.212. The van der Waals surface area contributed by atoms with Crippen molar-refractivity contribution >= 4 is 0 Å². The van der Waals surface area contributed by atoms with Crippen LogP contribution in [0.2, 0.25) is 0 Å². The maximum absolute atomic E-state index is 10.2. The predicted octanol–water partition coefficient (Wildman–Crippen LogP) is 9.03. The highest BCUT2D eigenvalue weighted by molar-refractivity contribution is 6.02. The zero-order chi connectivity index (χ0) is 28.9. The molecule has 5 rings (SSSR count). The topological polar surface area (TPSA) is 80.9 Å². The van der Waals surface area contributed by atoms with E-state index in [-0.39, 0.29) is 23.0 Å². The van der Waals surface area contributed by atoms with Crippen LogP contribution in [0.25, 0.3) is 44.5 Å². The Morgan fingerprint density at radius 3 is 0.700 bits per heavy atom. The Bertz CT molecular complexity index is 1540. The number of phenols is 4. The molecule has 4 heteroatoms. The second kappa shape index (κ2) is 10.1. The maximum Gasteiger partial charge on any atom is 0.115 e. The molecule has 5 aromatic rings. The third kappa shape index (κ3) is 4.56. The van der Waals surface area contributed by atoms with Crippen molar-refractivity contribution < 1.29 is 20.4 Å². The van der Waals surface area contributed by atoms with Gasteiger partial charge in [-0.2, -0.15) is 0 Å². The highest BCUT2D eigenvalue weighted by Crippen LogP contribution is 2.51. The number of aromatic hydroxyl groups is 4. The molecule has 0 aliphatic heterocycles. The molecule has 0 radical (unpaired) electrons. The Labute approximate surface area is 235 Å². The Balaban J connectivity index is 2.05. The van der Waals surface area contributed by atoms with E-state index >= 15 is 0 Å². The molecule has 4 nitrogen and oxygen atoms in total. The van der Waals surface area contributed by atoms with E-state index in [2.05, 4.69) is 13.8 Å². The van der Waals surface area contributed by atoms with Crippen molar-refractivity contribution in [2.24, 2.45) is 0 Å². The largest absolute Gasteiger partial charge is 0.508 e. The molecule has 5 aromatic carbocycles. The summed E-state index contributed by atoms with van der Waals surface area (Å²) in [6.45, 7) is 12.3. The van der Waals surface area contributed by atoms with Crippen LogP contribution in [0.15, 0.2) is 72.8 Å². The molecule has 0 fully saturated rings. The van der Waals surface area contributed by atoms with Crippen LogP contribution in [0, 0.1) is 41.5 Å². The smallest absolute Gasteiger partial charge is 0.115 e. The van der Waals surface area contributed by atoms with Gasteiger partial charge in [0.1, 0.15) is 23.0 Å². The summed E-state index contributed by atoms with van der Waals surface area (Å²) in [7, 11) is 0. The lowest BCUT2D eigenvalue weighted by molar-refractivity contribution is 0.474. The summed E-state index contributed by atoms with van der Waals surface area (Å²) in [4.78, 5) is 0. The molecule has 0 saturated heterocycles. The zero-order valence-corrected chi connectivity index (χ0v) is 23.7. The first-order valence-corrected chi connectivity index (χ1v) is 13.3. The number of hydrogen-bond acceptors (Lipinski definition) is 4. The lowest BCUT2D eigenvalue weighted by atomic mass is 9.76. The Kier molecular flexibility index (Phi) is 6.80. The zero-order valence-electron chi connectivity index (χ0n) is 23.7. The van der Waals surface area contributed by atoms with Crippen LogP contribution in [0.3, 0.4) is 0 Å². The molecule has 0 spiro atoms. The Morgan fingerprint density at radius 2 is 0.525 bits per heavy atom. The molecule has 0 atom stereocenters. The first kappa shape index (κ1) is 26.9. The number of rotatable bonds is 4. The average molecular weight is 531 g/mol. The second-order valence-electron chi connectivity index (χ2n) is 10.7. The van der Waals surface area contributed by atoms with Crippen LogP contribution in [0.5, 0.6) is 23.0 Å². The van der Waals surface area contributed by atoms with Crippen LogP contribution in [-0.2, 0) is 0 Å². The molecule has 0 aliphatic carbocycles. The van der Waals surface area contributed by atoms with Crippen molar-refractivity contribution in [2.45, 2.75) is 41.5 Å². The third-order valence-corrected chi connectivity index (χ3v) is 7.92. The van der Waals surface area contributed by atoms with Crippen LogP contribution >= 0.6 is 0 Å². The molecule has 0 unspecified atom stereocenters. The number of hydrogen-bond donors (Lipinski definition) is 4. The van der Waals surface area contributed by atoms with Gasteiger partial charge in [-0.15, -0.1) is 0 Å². The van der Waals surface area contributed by atoms with Crippen molar-refractivity contribution in [3.63, 3.8) is 0 Å².